The Labute approximate surface area is 82.1 Å². The predicted octanol–water partition coefficient (Wildman–Crippen LogP) is 3.39. The second-order valence-corrected chi connectivity index (χ2v) is 2.83. The van der Waals surface area contributed by atoms with Gasteiger partial charge in [-0.1, -0.05) is 51.4 Å². The smallest absolute Gasteiger partial charge is 0 e. The molecule has 1 aliphatic rings. The largest absolute Gasteiger partial charge is 0.0533 e. The van der Waals surface area contributed by atoms with Gasteiger partial charge in [-0.05, 0) is 0 Å². The second kappa shape index (κ2) is 9.87. The van der Waals surface area contributed by atoms with Crippen LogP contribution in [0.15, 0.2) is 0 Å². The van der Waals surface area contributed by atoms with Crippen molar-refractivity contribution < 1.29 is 0 Å². The third-order valence-electron chi connectivity index (χ3n) is 2.00. The van der Waals surface area contributed by atoms with Crippen LogP contribution in [-0.4, -0.2) is 17.1 Å². The number of rotatable bonds is 0. The van der Waals surface area contributed by atoms with E-state index in [-0.39, 0.29) is 30.6 Å². The molecule has 4 radical (unpaired) electrons. The maximum Gasteiger partial charge on any atom is 0 e. The van der Waals surface area contributed by atoms with Gasteiger partial charge < -0.3 is 0 Å². The van der Waals surface area contributed by atoms with Crippen LogP contribution in [0.5, 0.6) is 0 Å². The van der Waals surface area contributed by atoms with Gasteiger partial charge in [0.2, 0.25) is 0 Å². The van der Waals surface area contributed by atoms with Gasteiger partial charge in [0, 0.05) is 30.6 Å². The summed E-state index contributed by atoms with van der Waals surface area (Å²) in [6.45, 7) is 0. The molecule has 0 N–H and O–H groups in total. The van der Waals surface area contributed by atoms with Crippen molar-refractivity contribution in [1.29, 1.82) is 0 Å². The summed E-state index contributed by atoms with van der Waals surface area (Å²) in [5.41, 5.74) is 0. The molecule has 0 aromatic rings. The zero-order valence-electron chi connectivity index (χ0n) is 6.47. The first-order chi connectivity index (χ1) is 4.00. The van der Waals surface area contributed by atoms with Crippen LogP contribution in [0.25, 0.3) is 0 Å². The van der Waals surface area contributed by atoms with Gasteiger partial charge in [0.1, 0.15) is 0 Å². The van der Waals surface area contributed by atoms with Crippen molar-refractivity contribution in [3.8, 4) is 0 Å². The fourth-order valence-electron chi connectivity index (χ4n) is 1.41. The first kappa shape index (κ1) is 13.5. The zero-order chi connectivity index (χ0) is 5.66. The quantitative estimate of drug-likeness (QED) is 0.552. The number of hydrogen-bond acceptors (Lipinski definition) is 0. The molecule has 0 saturated heterocycles. The molecule has 0 aromatic heterocycles. The Morgan fingerprint density at radius 3 is 0.600 bits per heavy atom. The summed E-state index contributed by atoms with van der Waals surface area (Å²) in [7, 11) is 0. The van der Waals surface area contributed by atoms with E-state index in [2.05, 4.69) is 0 Å². The van der Waals surface area contributed by atoms with E-state index in [1.807, 2.05) is 0 Å². The third kappa shape index (κ3) is 6.98. The van der Waals surface area contributed by atoms with Gasteiger partial charge in [0.05, 0.1) is 0 Å². The topological polar surface area (TPSA) is 0 Å². The van der Waals surface area contributed by atoms with E-state index < -0.39 is 0 Å². The van der Waals surface area contributed by atoms with Crippen LogP contribution >= 0.6 is 13.5 Å². The van der Waals surface area contributed by atoms with Crippen LogP contribution in [-0.2, 0) is 0 Å². The van der Waals surface area contributed by atoms with Crippen LogP contribution in [0.4, 0.5) is 0 Å². The van der Waals surface area contributed by atoms with Crippen molar-refractivity contribution in [3.05, 3.63) is 0 Å². The molecule has 1 rings (SSSR count). The number of hydrogen-bond donors (Lipinski definition) is 0. The molecule has 0 atom stereocenters. The van der Waals surface area contributed by atoms with E-state index in [4.69, 9.17) is 0 Å². The Morgan fingerprint density at radius 1 is 0.400 bits per heavy atom. The minimum Gasteiger partial charge on any atom is -0.0533 e. The summed E-state index contributed by atoms with van der Waals surface area (Å²) in [5.74, 6) is 0. The predicted molar refractivity (Wildman–Crippen MR) is 50.3 cm³/mol. The van der Waals surface area contributed by atoms with E-state index in [1.165, 1.54) is 51.4 Å². The maximum atomic E-state index is 1.50. The molecule has 0 aliphatic heterocycles. The van der Waals surface area contributed by atoms with Crippen LogP contribution < -0.4 is 0 Å². The molecule has 1 aliphatic carbocycles. The molecule has 0 unspecified atom stereocenters. The molecule has 10 heavy (non-hydrogen) atoms. The van der Waals surface area contributed by atoms with Gasteiger partial charge in [-0.2, -0.15) is 0 Å². The normalized spacial score (nSPS) is 19.2. The first-order valence-corrected chi connectivity index (χ1v) is 4.00. The monoisotopic (exact) mass is 224 g/mol. The van der Waals surface area contributed by atoms with Gasteiger partial charge >= 0.3 is 0 Å². The molecular formula is C8H16SSe. The van der Waals surface area contributed by atoms with Crippen LogP contribution in [0, 0.1) is 0 Å². The molecule has 2 heteroatoms. The Morgan fingerprint density at radius 2 is 0.500 bits per heavy atom. The molecule has 0 amide bonds. The summed E-state index contributed by atoms with van der Waals surface area (Å²) in [6, 6.07) is 0. The Kier molecular flexibility index (Phi) is 13.3. The Hall–Kier alpha value is 0.869. The van der Waals surface area contributed by atoms with Gasteiger partial charge in [0.25, 0.3) is 0 Å². The van der Waals surface area contributed by atoms with Gasteiger partial charge in [0.15, 0.2) is 0 Å². The molecule has 0 nitrogen and oxygen atoms in total. The summed E-state index contributed by atoms with van der Waals surface area (Å²) in [6.07, 6.45) is 12.0. The minimum absolute atomic E-state index is 0. The van der Waals surface area contributed by atoms with Gasteiger partial charge in [-0.15, -0.1) is 0 Å². The summed E-state index contributed by atoms with van der Waals surface area (Å²) in [5, 5.41) is 0. The molecule has 0 aromatic carbocycles. The molecule has 1 saturated carbocycles. The van der Waals surface area contributed by atoms with Crippen molar-refractivity contribution in [2.24, 2.45) is 0 Å². The van der Waals surface area contributed by atoms with Crippen LogP contribution in [0.2, 0.25) is 0 Å². The fourth-order valence-corrected chi connectivity index (χ4v) is 1.41. The van der Waals surface area contributed by atoms with Crippen molar-refractivity contribution >= 4 is 30.6 Å². The zero-order valence-corrected chi connectivity index (χ0v) is 9.00. The summed E-state index contributed by atoms with van der Waals surface area (Å²) < 4.78 is 0. The van der Waals surface area contributed by atoms with E-state index in [1.54, 1.807) is 0 Å². The average Bonchev–Trinajstić information content (AvgIpc) is 1.62. The summed E-state index contributed by atoms with van der Waals surface area (Å²) in [4.78, 5) is 0. The van der Waals surface area contributed by atoms with Crippen LogP contribution in [0.3, 0.4) is 0 Å². The molecule has 60 valence electrons. The second-order valence-electron chi connectivity index (χ2n) is 2.83. The molecule has 0 spiro atoms. The standard InChI is InChI=1S/C8H16.S.Se/c1-2-4-6-8-7-5-3-1;;/h1-8H2;;. The van der Waals surface area contributed by atoms with Crippen molar-refractivity contribution in [3.63, 3.8) is 0 Å². The molecule has 0 heterocycles. The molecule has 0 bridgehead atoms. The van der Waals surface area contributed by atoms with Crippen molar-refractivity contribution in [2.45, 2.75) is 51.4 Å². The van der Waals surface area contributed by atoms with Gasteiger partial charge in [-0.3, -0.25) is 0 Å². The Balaban J connectivity index is 0. The van der Waals surface area contributed by atoms with Crippen LogP contribution in [0.1, 0.15) is 51.4 Å². The van der Waals surface area contributed by atoms with Gasteiger partial charge in [-0.25, -0.2) is 0 Å². The third-order valence-corrected chi connectivity index (χ3v) is 2.00. The molecular weight excluding hydrogens is 207 g/mol. The fraction of sp³-hybridized carbons (Fsp3) is 1.00. The van der Waals surface area contributed by atoms with E-state index in [0.717, 1.165) is 0 Å². The molecule has 1 fully saturated rings. The SMILES string of the molecule is C1CCCCCCC1.[S].[Se]. The summed E-state index contributed by atoms with van der Waals surface area (Å²) >= 11 is 0. The van der Waals surface area contributed by atoms with Crippen molar-refractivity contribution in [2.75, 3.05) is 0 Å². The van der Waals surface area contributed by atoms with E-state index in [0.29, 0.717) is 0 Å². The van der Waals surface area contributed by atoms with Crippen molar-refractivity contribution in [1.82, 2.24) is 0 Å². The average molecular weight is 223 g/mol. The van der Waals surface area contributed by atoms with E-state index >= 15 is 0 Å². The maximum absolute atomic E-state index is 1.50. The first-order valence-electron chi connectivity index (χ1n) is 4.00. The minimum atomic E-state index is 0. The van der Waals surface area contributed by atoms with E-state index in [9.17, 15) is 0 Å². The Bertz CT molecular complexity index is 33.2.